The monoisotopic (exact) mass is 319 g/mol. The number of ether oxygens (including phenoxy) is 1. The van der Waals surface area contributed by atoms with Crippen molar-refractivity contribution in [1.29, 1.82) is 0 Å². The smallest absolute Gasteiger partial charge is 0.409 e. The van der Waals surface area contributed by atoms with E-state index in [1.165, 1.54) is 10.9 Å². The lowest BCUT2D eigenvalue weighted by molar-refractivity contribution is 0.209. The molecule has 3 nitrogen and oxygen atoms in total. The van der Waals surface area contributed by atoms with E-state index in [1.54, 1.807) is 4.90 Å². The van der Waals surface area contributed by atoms with E-state index >= 15 is 0 Å². The fourth-order valence-electron chi connectivity index (χ4n) is 4.02. The molecule has 4 rings (SSSR count). The zero-order chi connectivity index (χ0) is 17.2. The molecule has 24 heavy (non-hydrogen) atoms. The Bertz CT molecular complexity index is 908. The second kappa shape index (κ2) is 4.89. The molecule has 0 spiro atoms. The molecule has 2 aliphatic rings. The van der Waals surface area contributed by atoms with Crippen LogP contribution in [0.4, 0.5) is 10.5 Å². The topological polar surface area (TPSA) is 29.5 Å². The van der Waals surface area contributed by atoms with Crippen molar-refractivity contribution in [3.8, 4) is 5.75 Å². The van der Waals surface area contributed by atoms with Gasteiger partial charge in [-0.1, -0.05) is 56.8 Å². The highest BCUT2D eigenvalue weighted by Crippen LogP contribution is 2.43. The summed E-state index contributed by atoms with van der Waals surface area (Å²) in [5, 5.41) is 2.17. The van der Waals surface area contributed by atoms with E-state index in [-0.39, 0.29) is 11.5 Å². The molecule has 2 heterocycles. The van der Waals surface area contributed by atoms with Crippen LogP contribution in [0.2, 0.25) is 6.32 Å². The minimum atomic E-state index is -0.298. The Kier molecular flexibility index (Phi) is 3.12. The predicted molar refractivity (Wildman–Crippen MR) is 100 cm³/mol. The number of carbonyl (C=O) groups excluding carboxylic acids is 1. The number of benzene rings is 2. The number of rotatable bonds is 1. The molecular formula is C20H22BNO2. The van der Waals surface area contributed by atoms with E-state index in [9.17, 15) is 4.79 Å². The van der Waals surface area contributed by atoms with Gasteiger partial charge in [0.2, 0.25) is 6.71 Å². The van der Waals surface area contributed by atoms with Gasteiger partial charge < -0.3 is 4.74 Å². The van der Waals surface area contributed by atoms with Gasteiger partial charge in [-0.25, -0.2) is 4.79 Å². The zero-order valence-electron chi connectivity index (χ0n) is 14.9. The van der Waals surface area contributed by atoms with Crippen LogP contribution in [0.3, 0.4) is 0 Å². The molecule has 0 radical (unpaired) electrons. The molecule has 2 aromatic carbocycles. The highest BCUT2D eigenvalue weighted by molar-refractivity contribution is 6.82. The number of allylic oxidation sites excluding steroid dienone is 2. The van der Waals surface area contributed by atoms with Crippen molar-refractivity contribution in [3.05, 3.63) is 41.5 Å². The molecule has 2 aliphatic heterocycles. The van der Waals surface area contributed by atoms with Gasteiger partial charge in [0.25, 0.3) is 0 Å². The van der Waals surface area contributed by atoms with Crippen LogP contribution >= 0.6 is 0 Å². The Morgan fingerprint density at radius 2 is 1.88 bits per heavy atom. The number of carbonyl (C=O) groups is 1. The maximum Gasteiger partial charge on any atom is 0.424 e. The SMILES string of the molecule is CC1=C(C)N2C(=O)Oc3cccc4ccc(c2c34)B1CC(C)(C)C. The van der Waals surface area contributed by atoms with Crippen LogP contribution in [0.1, 0.15) is 34.6 Å². The first-order valence-corrected chi connectivity index (χ1v) is 8.53. The minimum absolute atomic E-state index is 0.213. The average Bonchev–Trinajstić information content (AvgIpc) is 2.50. The first-order chi connectivity index (χ1) is 11.3. The van der Waals surface area contributed by atoms with Crippen molar-refractivity contribution in [2.75, 3.05) is 4.90 Å². The summed E-state index contributed by atoms with van der Waals surface area (Å²) in [6.45, 7) is 11.3. The molecule has 0 bridgehead atoms. The van der Waals surface area contributed by atoms with Crippen molar-refractivity contribution in [2.45, 2.75) is 40.9 Å². The van der Waals surface area contributed by atoms with Crippen LogP contribution in [0, 0.1) is 5.41 Å². The molecule has 4 heteroatoms. The van der Waals surface area contributed by atoms with E-state index in [4.69, 9.17) is 4.74 Å². The predicted octanol–water partition coefficient (Wildman–Crippen LogP) is 4.75. The maximum absolute atomic E-state index is 12.6. The zero-order valence-corrected chi connectivity index (χ0v) is 14.9. The van der Waals surface area contributed by atoms with Gasteiger partial charge in [0.15, 0.2) is 0 Å². The maximum atomic E-state index is 12.6. The van der Waals surface area contributed by atoms with E-state index in [1.807, 2.05) is 19.1 Å². The fourth-order valence-corrected chi connectivity index (χ4v) is 4.02. The van der Waals surface area contributed by atoms with Gasteiger partial charge in [-0.15, -0.1) is 0 Å². The lowest BCUT2D eigenvalue weighted by atomic mass is 9.34. The summed E-state index contributed by atoms with van der Waals surface area (Å²) in [6.07, 6.45) is 0.758. The first kappa shape index (κ1) is 15.3. The summed E-state index contributed by atoms with van der Waals surface area (Å²) in [6, 6.07) is 10.3. The van der Waals surface area contributed by atoms with Gasteiger partial charge in [-0.2, -0.15) is 0 Å². The lowest BCUT2D eigenvalue weighted by Crippen LogP contribution is -2.49. The van der Waals surface area contributed by atoms with Gasteiger partial charge in [-0.3, -0.25) is 4.90 Å². The highest BCUT2D eigenvalue weighted by Gasteiger charge is 2.40. The molecule has 0 saturated carbocycles. The second-order valence-electron chi connectivity index (χ2n) is 8.15. The second-order valence-corrected chi connectivity index (χ2v) is 8.15. The third-order valence-corrected chi connectivity index (χ3v) is 5.24. The molecular weight excluding hydrogens is 297 g/mol. The normalized spacial score (nSPS) is 16.8. The first-order valence-electron chi connectivity index (χ1n) is 8.53. The Hall–Kier alpha value is -2.23. The van der Waals surface area contributed by atoms with Crippen molar-refractivity contribution in [1.82, 2.24) is 0 Å². The lowest BCUT2D eigenvalue weighted by Gasteiger charge is -2.39. The van der Waals surface area contributed by atoms with Gasteiger partial charge >= 0.3 is 6.09 Å². The van der Waals surface area contributed by atoms with Gasteiger partial charge in [0.1, 0.15) is 5.75 Å². The number of anilines is 1. The van der Waals surface area contributed by atoms with Crippen LogP contribution in [-0.4, -0.2) is 12.8 Å². The van der Waals surface area contributed by atoms with Crippen LogP contribution in [0.25, 0.3) is 10.8 Å². The minimum Gasteiger partial charge on any atom is -0.409 e. The van der Waals surface area contributed by atoms with Crippen LogP contribution in [0.15, 0.2) is 41.5 Å². The van der Waals surface area contributed by atoms with E-state index in [2.05, 4.69) is 45.9 Å². The Morgan fingerprint density at radius 3 is 2.58 bits per heavy atom. The van der Waals surface area contributed by atoms with Gasteiger partial charge in [0.05, 0.1) is 5.69 Å². The summed E-state index contributed by atoms with van der Waals surface area (Å²) in [7, 11) is 0. The van der Waals surface area contributed by atoms with E-state index < -0.39 is 0 Å². The molecule has 0 fully saturated rings. The van der Waals surface area contributed by atoms with Gasteiger partial charge in [0, 0.05) is 11.1 Å². The van der Waals surface area contributed by atoms with Crippen molar-refractivity contribution in [3.63, 3.8) is 0 Å². The Morgan fingerprint density at radius 1 is 1.12 bits per heavy atom. The van der Waals surface area contributed by atoms with E-state index in [0.29, 0.717) is 12.5 Å². The van der Waals surface area contributed by atoms with E-state index in [0.717, 1.165) is 28.5 Å². The number of hydrogen-bond donors (Lipinski definition) is 0. The van der Waals surface area contributed by atoms with Gasteiger partial charge in [-0.05, 0) is 36.2 Å². The molecule has 0 aliphatic carbocycles. The molecule has 0 unspecified atom stereocenters. The summed E-state index contributed by atoms with van der Waals surface area (Å²) < 4.78 is 5.60. The van der Waals surface area contributed by atoms with Crippen molar-refractivity contribution >= 4 is 34.7 Å². The Labute approximate surface area is 143 Å². The third-order valence-electron chi connectivity index (χ3n) is 5.24. The summed E-state index contributed by atoms with van der Waals surface area (Å²) in [5.41, 5.74) is 4.74. The average molecular weight is 319 g/mol. The molecule has 0 saturated heterocycles. The summed E-state index contributed by atoms with van der Waals surface area (Å²) in [5.74, 6) is 0.674. The molecule has 122 valence electrons. The molecule has 1 amide bonds. The number of hydrogen-bond acceptors (Lipinski definition) is 2. The van der Waals surface area contributed by atoms with Crippen LogP contribution in [0.5, 0.6) is 5.75 Å². The Balaban J connectivity index is 2.05. The molecule has 0 atom stereocenters. The largest absolute Gasteiger partial charge is 0.424 e. The summed E-state index contributed by atoms with van der Waals surface area (Å²) in [4.78, 5) is 14.4. The van der Waals surface area contributed by atoms with Crippen LogP contribution in [-0.2, 0) is 0 Å². The van der Waals surface area contributed by atoms with Crippen molar-refractivity contribution in [2.24, 2.45) is 5.41 Å². The molecule has 0 N–H and O–H groups in total. The highest BCUT2D eigenvalue weighted by atomic mass is 16.6. The summed E-state index contributed by atoms with van der Waals surface area (Å²) >= 11 is 0. The molecule has 2 aromatic rings. The third kappa shape index (κ3) is 2.09. The molecule has 0 aromatic heterocycles. The number of nitrogens with zero attached hydrogens (tertiary/aromatic N) is 1. The standard InChI is InChI=1S/C20H22BNO2/c1-12-13(2)22-18-15(21(12)11-20(3,4)5)10-9-14-7-6-8-16(17(14)18)24-19(22)23/h6-10H,11H2,1-5H3. The van der Waals surface area contributed by atoms with Crippen molar-refractivity contribution < 1.29 is 9.53 Å². The fraction of sp³-hybridized carbons (Fsp3) is 0.350. The quantitative estimate of drug-likeness (QED) is 0.710. The number of amides is 1. The van der Waals surface area contributed by atoms with Crippen LogP contribution < -0.4 is 15.1 Å².